The summed E-state index contributed by atoms with van der Waals surface area (Å²) >= 11 is 0. The third-order valence-corrected chi connectivity index (χ3v) is 10.1. The van der Waals surface area contributed by atoms with Crippen molar-refractivity contribution in [3.8, 4) is 5.69 Å². The Morgan fingerprint density at radius 2 is 1.08 bits per heavy atom. The van der Waals surface area contributed by atoms with Gasteiger partial charge in [0.15, 0.2) is 5.58 Å². The number of benzene rings is 8. The zero-order chi connectivity index (χ0) is 32.8. The fourth-order valence-electron chi connectivity index (χ4n) is 8.01. The van der Waals surface area contributed by atoms with Crippen LogP contribution in [-0.4, -0.2) is 4.57 Å². The first kappa shape index (κ1) is 27.2. The zero-order valence-electron chi connectivity index (χ0n) is 26.9. The van der Waals surface area contributed by atoms with Crippen LogP contribution >= 0.6 is 0 Å². The fraction of sp³-hybridized carbons (Fsp3) is 0. The van der Waals surface area contributed by atoms with E-state index in [0.29, 0.717) is 0 Å². The van der Waals surface area contributed by atoms with Gasteiger partial charge in [0, 0.05) is 43.7 Å². The Labute approximate surface area is 286 Å². The quantitative estimate of drug-likeness (QED) is 0.192. The highest BCUT2D eigenvalue weighted by atomic mass is 16.3. The normalized spacial score (nSPS) is 12.0. The van der Waals surface area contributed by atoms with Gasteiger partial charge in [-0.05, 0) is 72.1 Å². The summed E-state index contributed by atoms with van der Waals surface area (Å²) in [6, 6.07) is 60.0. The molecule has 0 aliphatic carbocycles. The van der Waals surface area contributed by atoms with Gasteiger partial charge in [0.2, 0.25) is 0 Å². The maximum absolute atomic E-state index is 6.85. The molecule has 0 unspecified atom stereocenters. The molecule has 0 radical (unpaired) electrons. The second kappa shape index (κ2) is 10.4. The van der Waals surface area contributed by atoms with E-state index in [1.54, 1.807) is 0 Å². The summed E-state index contributed by atoms with van der Waals surface area (Å²) in [6.07, 6.45) is 0. The second-order valence-electron chi connectivity index (χ2n) is 12.9. The van der Waals surface area contributed by atoms with Crippen LogP contribution in [-0.2, 0) is 0 Å². The molecule has 3 aromatic heterocycles. The first-order chi connectivity index (χ1) is 24.8. The Hall–Kier alpha value is -6.78. The van der Waals surface area contributed by atoms with E-state index in [1.165, 1.54) is 16.3 Å². The minimum Gasteiger partial charge on any atom is -0.456 e. The predicted molar refractivity (Wildman–Crippen MR) is 208 cm³/mol. The lowest BCUT2D eigenvalue weighted by Crippen LogP contribution is -2.11. The van der Waals surface area contributed by atoms with Crippen molar-refractivity contribution in [1.82, 2.24) is 4.57 Å². The third kappa shape index (κ3) is 3.81. The van der Waals surface area contributed by atoms with Crippen LogP contribution in [0.3, 0.4) is 0 Å². The zero-order valence-corrected chi connectivity index (χ0v) is 26.9. The molecule has 0 N–H and O–H groups in total. The van der Waals surface area contributed by atoms with Crippen molar-refractivity contribution in [2.45, 2.75) is 0 Å². The van der Waals surface area contributed by atoms with Crippen molar-refractivity contribution in [1.29, 1.82) is 0 Å². The number of hydrogen-bond acceptors (Lipinski definition) is 3. The molecule has 4 heteroatoms. The van der Waals surface area contributed by atoms with Gasteiger partial charge in [-0.2, -0.15) is 0 Å². The molecule has 3 heterocycles. The van der Waals surface area contributed by atoms with Crippen LogP contribution in [0.4, 0.5) is 17.1 Å². The molecule has 0 aliphatic heterocycles. The second-order valence-corrected chi connectivity index (χ2v) is 12.9. The summed E-state index contributed by atoms with van der Waals surface area (Å²) in [7, 11) is 0. The van der Waals surface area contributed by atoms with E-state index in [1.807, 2.05) is 18.2 Å². The van der Waals surface area contributed by atoms with Crippen molar-refractivity contribution in [3.63, 3.8) is 0 Å². The molecular weight excluding hydrogens is 613 g/mol. The molecule has 11 aromatic rings. The number of furan rings is 2. The Bertz CT molecular complexity index is 3110. The van der Waals surface area contributed by atoms with Gasteiger partial charge in [-0.25, -0.2) is 0 Å². The standard InChI is InChI=1S/C46H28N2O2/c1-2-14-30(15-3-1)47-38-20-9-6-17-33(38)36-28-31(25-26-39(36)47)48(40-21-12-24-43-44(40)35-19-8-11-23-42(35)49-43)45-32-16-5-4-13-29(32)27-37-34-18-7-10-22-41(34)50-46(37)45/h1-28H. The fourth-order valence-corrected chi connectivity index (χ4v) is 8.01. The summed E-state index contributed by atoms with van der Waals surface area (Å²) in [5.74, 6) is 0. The minimum absolute atomic E-state index is 0.844. The molecule has 234 valence electrons. The van der Waals surface area contributed by atoms with Gasteiger partial charge in [-0.1, -0.05) is 103 Å². The number of hydrogen-bond donors (Lipinski definition) is 0. The van der Waals surface area contributed by atoms with Crippen LogP contribution in [0.5, 0.6) is 0 Å². The van der Waals surface area contributed by atoms with Crippen LogP contribution in [0.15, 0.2) is 179 Å². The first-order valence-corrected chi connectivity index (χ1v) is 16.9. The summed E-state index contributed by atoms with van der Waals surface area (Å²) in [6.45, 7) is 0. The number of fused-ring (bicyclic) bond motifs is 10. The van der Waals surface area contributed by atoms with E-state index in [2.05, 4.69) is 161 Å². The molecule has 0 fully saturated rings. The van der Waals surface area contributed by atoms with Gasteiger partial charge in [-0.3, -0.25) is 0 Å². The molecule has 0 saturated heterocycles. The highest BCUT2D eigenvalue weighted by Gasteiger charge is 2.26. The Kier molecular flexibility index (Phi) is 5.63. The van der Waals surface area contributed by atoms with E-state index in [0.717, 1.165) is 82.9 Å². The topological polar surface area (TPSA) is 34.5 Å². The summed E-state index contributed by atoms with van der Waals surface area (Å²) in [5, 5.41) is 8.96. The maximum Gasteiger partial charge on any atom is 0.160 e. The molecule has 0 aliphatic rings. The van der Waals surface area contributed by atoms with Crippen LogP contribution in [0.2, 0.25) is 0 Å². The Balaban J connectivity index is 1.30. The average Bonchev–Trinajstić information content (AvgIpc) is 3.85. The third-order valence-electron chi connectivity index (χ3n) is 10.1. The molecule has 0 spiro atoms. The lowest BCUT2D eigenvalue weighted by Gasteiger charge is -2.28. The van der Waals surface area contributed by atoms with Crippen LogP contribution in [0.25, 0.3) is 82.1 Å². The largest absolute Gasteiger partial charge is 0.456 e. The first-order valence-electron chi connectivity index (χ1n) is 16.9. The molecular formula is C46H28N2O2. The van der Waals surface area contributed by atoms with E-state index in [9.17, 15) is 0 Å². The van der Waals surface area contributed by atoms with E-state index in [4.69, 9.17) is 8.83 Å². The average molecular weight is 641 g/mol. The van der Waals surface area contributed by atoms with Crippen molar-refractivity contribution in [2.24, 2.45) is 0 Å². The highest BCUT2D eigenvalue weighted by Crippen LogP contribution is 2.50. The number of para-hydroxylation sites is 4. The van der Waals surface area contributed by atoms with Gasteiger partial charge in [0.25, 0.3) is 0 Å². The molecule has 0 bridgehead atoms. The van der Waals surface area contributed by atoms with E-state index >= 15 is 0 Å². The predicted octanol–water partition coefficient (Wildman–Crippen LogP) is 13.2. The summed E-state index contributed by atoms with van der Waals surface area (Å²) in [4.78, 5) is 2.39. The summed E-state index contributed by atoms with van der Waals surface area (Å²) < 4.78 is 15.7. The number of anilines is 3. The maximum atomic E-state index is 6.85. The van der Waals surface area contributed by atoms with Gasteiger partial charge in [0.1, 0.15) is 16.7 Å². The summed E-state index contributed by atoms with van der Waals surface area (Å²) in [5.41, 5.74) is 9.94. The SMILES string of the molecule is c1ccc(-n2c3ccccc3c3cc(N(c4c5ccccc5cc5c4oc4ccccc45)c4cccc5oc6ccccc6c45)ccc32)cc1. The van der Waals surface area contributed by atoms with E-state index < -0.39 is 0 Å². The van der Waals surface area contributed by atoms with Crippen molar-refractivity contribution in [3.05, 3.63) is 170 Å². The van der Waals surface area contributed by atoms with E-state index in [-0.39, 0.29) is 0 Å². The Morgan fingerprint density at radius 1 is 0.420 bits per heavy atom. The molecule has 0 amide bonds. The Morgan fingerprint density at radius 3 is 1.94 bits per heavy atom. The highest BCUT2D eigenvalue weighted by molar-refractivity contribution is 6.22. The number of aromatic nitrogens is 1. The van der Waals surface area contributed by atoms with Gasteiger partial charge < -0.3 is 18.3 Å². The molecule has 0 atom stereocenters. The van der Waals surface area contributed by atoms with Crippen LogP contribution in [0.1, 0.15) is 0 Å². The lowest BCUT2D eigenvalue weighted by molar-refractivity contribution is 0.668. The van der Waals surface area contributed by atoms with Crippen molar-refractivity contribution >= 4 is 93.5 Å². The van der Waals surface area contributed by atoms with Gasteiger partial charge >= 0.3 is 0 Å². The number of nitrogens with zero attached hydrogens (tertiary/aromatic N) is 2. The van der Waals surface area contributed by atoms with Crippen LogP contribution in [0, 0.1) is 0 Å². The van der Waals surface area contributed by atoms with Crippen molar-refractivity contribution < 1.29 is 8.83 Å². The van der Waals surface area contributed by atoms with Gasteiger partial charge in [0.05, 0.1) is 27.8 Å². The minimum atomic E-state index is 0.844. The van der Waals surface area contributed by atoms with Gasteiger partial charge in [-0.15, -0.1) is 0 Å². The molecule has 4 nitrogen and oxygen atoms in total. The molecule has 0 saturated carbocycles. The van der Waals surface area contributed by atoms with Crippen molar-refractivity contribution in [2.75, 3.05) is 4.90 Å². The molecule has 11 rings (SSSR count). The molecule has 8 aromatic carbocycles. The van der Waals surface area contributed by atoms with Crippen LogP contribution < -0.4 is 4.90 Å². The smallest absolute Gasteiger partial charge is 0.160 e. The lowest BCUT2D eigenvalue weighted by atomic mass is 10.0. The number of rotatable bonds is 4. The monoisotopic (exact) mass is 640 g/mol. The molecule has 50 heavy (non-hydrogen) atoms.